The van der Waals surface area contributed by atoms with Crippen molar-refractivity contribution in [3.05, 3.63) is 0 Å². The first-order valence-corrected chi connectivity index (χ1v) is 4.04. The monoisotopic (exact) mass is 196 g/mol. The van der Waals surface area contributed by atoms with E-state index in [0.717, 1.165) is 0 Å². The van der Waals surface area contributed by atoms with Crippen LogP contribution in [0, 0.1) is 0 Å². The molecule has 0 aromatic heterocycles. The van der Waals surface area contributed by atoms with Crippen molar-refractivity contribution >= 4 is 5.91 Å². The Morgan fingerprint density at radius 2 is 1.85 bits per heavy atom. The molecule has 0 saturated carbocycles. The second-order valence-corrected chi connectivity index (χ2v) is 2.92. The molecule has 1 fully saturated rings. The van der Waals surface area contributed by atoms with Gasteiger partial charge in [0.25, 0.3) is 0 Å². The molecule has 1 amide bonds. The number of carbonyl (C=O) groups is 1. The van der Waals surface area contributed by atoms with Crippen molar-refractivity contribution in [2.45, 2.75) is 12.6 Å². The van der Waals surface area contributed by atoms with Crippen LogP contribution in [0.25, 0.3) is 0 Å². The summed E-state index contributed by atoms with van der Waals surface area (Å²) in [6, 6.07) is 0. The lowest BCUT2D eigenvalue weighted by atomic mass is 10.3. The number of carbonyl (C=O) groups excluding carboxylic acids is 1. The molecule has 0 unspecified atom stereocenters. The second kappa shape index (κ2) is 3.95. The van der Waals surface area contributed by atoms with Crippen LogP contribution in [-0.4, -0.2) is 43.2 Å². The minimum atomic E-state index is -4.39. The molecule has 1 rings (SSSR count). The second-order valence-electron chi connectivity index (χ2n) is 2.92. The van der Waals surface area contributed by atoms with Gasteiger partial charge in [-0.1, -0.05) is 0 Å². The summed E-state index contributed by atoms with van der Waals surface area (Å²) in [6.07, 6.45) is -5.73. The predicted octanol–water partition coefficient (Wildman–Crippen LogP) is 0.371. The summed E-state index contributed by atoms with van der Waals surface area (Å²) in [5.41, 5.74) is 0. The Labute approximate surface area is 73.9 Å². The van der Waals surface area contributed by atoms with Gasteiger partial charge in [0.2, 0.25) is 5.91 Å². The van der Waals surface area contributed by atoms with Gasteiger partial charge < -0.3 is 10.2 Å². The third-order valence-corrected chi connectivity index (χ3v) is 1.82. The molecule has 1 N–H and O–H groups in total. The maximum atomic E-state index is 11.8. The van der Waals surface area contributed by atoms with Crippen LogP contribution in [0.15, 0.2) is 0 Å². The van der Waals surface area contributed by atoms with Crippen LogP contribution in [0.1, 0.15) is 6.42 Å². The van der Waals surface area contributed by atoms with Crippen LogP contribution in [0.2, 0.25) is 0 Å². The van der Waals surface area contributed by atoms with Gasteiger partial charge in [-0.25, -0.2) is 0 Å². The Morgan fingerprint density at radius 1 is 1.31 bits per heavy atom. The lowest BCUT2D eigenvalue weighted by Crippen LogP contribution is -2.47. The summed E-state index contributed by atoms with van der Waals surface area (Å²) in [6.45, 7) is 1.89. The standard InChI is InChI=1S/C7H11F3N2O/c8-7(9,10)5-6(13)12-3-1-11-2-4-12/h11H,1-5H2. The number of piperazine rings is 1. The van der Waals surface area contributed by atoms with Gasteiger partial charge in [-0.2, -0.15) is 13.2 Å². The highest BCUT2D eigenvalue weighted by Crippen LogP contribution is 2.20. The normalized spacial score (nSPS) is 18.8. The van der Waals surface area contributed by atoms with E-state index in [0.29, 0.717) is 26.2 Å². The average molecular weight is 196 g/mol. The zero-order chi connectivity index (χ0) is 9.90. The number of hydrogen-bond acceptors (Lipinski definition) is 2. The Bertz CT molecular complexity index is 187. The molecule has 6 heteroatoms. The van der Waals surface area contributed by atoms with Gasteiger partial charge in [0.1, 0.15) is 6.42 Å². The van der Waals surface area contributed by atoms with Gasteiger partial charge in [-0.3, -0.25) is 4.79 Å². The van der Waals surface area contributed by atoms with Crippen molar-refractivity contribution in [1.29, 1.82) is 0 Å². The molecule has 3 nitrogen and oxygen atoms in total. The number of rotatable bonds is 1. The smallest absolute Gasteiger partial charge is 0.340 e. The maximum Gasteiger partial charge on any atom is 0.397 e. The highest BCUT2D eigenvalue weighted by Gasteiger charge is 2.33. The van der Waals surface area contributed by atoms with E-state index >= 15 is 0 Å². The van der Waals surface area contributed by atoms with E-state index in [9.17, 15) is 18.0 Å². The van der Waals surface area contributed by atoms with Crippen molar-refractivity contribution in [2.24, 2.45) is 0 Å². The molecule has 1 aliphatic rings. The number of hydrogen-bond donors (Lipinski definition) is 1. The van der Waals surface area contributed by atoms with Gasteiger partial charge in [-0.05, 0) is 0 Å². The van der Waals surface area contributed by atoms with E-state index < -0.39 is 18.5 Å². The average Bonchev–Trinajstić information content (AvgIpc) is 2.03. The molecule has 0 aromatic rings. The minimum absolute atomic E-state index is 0.370. The first-order chi connectivity index (χ1) is 5.99. The third-order valence-electron chi connectivity index (χ3n) is 1.82. The van der Waals surface area contributed by atoms with Crippen molar-refractivity contribution < 1.29 is 18.0 Å². The van der Waals surface area contributed by atoms with Crippen LogP contribution in [0.5, 0.6) is 0 Å². The lowest BCUT2D eigenvalue weighted by molar-refractivity contribution is -0.161. The number of nitrogens with one attached hydrogen (secondary N) is 1. The van der Waals surface area contributed by atoms with E-state index in [1.165, 1.54) is 4.90 Å². The summed E-state index contributed by atoms with van der Waals surface area (Å²) in [5.74, 6) is -0.825. The molecular formula is C7H11F3N2O. The molecule has 0 radical (unpaired) electrons. The van der Waals surface area contributed by atoms with Gasteiger partial charge in [0.05, 0.1) is 0 Å². The number of halogens is 3. The van der Waals surface area contributed by atoms with E-state index in [4.69, 9.17) is 0 Å². The Kier molecular flexibility index (Phi) is 3.13. The highest BCUT2D eigenvalue weighted by atomic mass is 19.4. The van der Waals surface area contributed by atoms with Crippen LogP contribution < -0.4 is 5.32 Å². The molecule has 0 aliphatic carbocycles. The van der Waals surface area contributed by atoms with E-state index in [2.05, 4.69) is 5.32 Å². The molecular weight excluding hydrogens is 185 g/mol. The minimum Gasteiger partial charge on any atom is -0.340 e. The first-order valence-electron chi connectivity index (χ1n) is 4.04. The van der Waals surface area contributed by atoms with Gasteiger partial charge >= 0.3 is 6.18 Å². The fraction of sp³-hybridized carbons (Fsp3) is 0.857. The molecule has 0 spiro atoms. The molecule has 76 valence electrons. The fourth-order valence-corrected chi connectivity index (χ4v) is 1.20. The van der Waals surface area contributed by atoms with Crippen molar-refractivity contribution in [3.63, 3.8) is 0 Å². The lowest BCUT2D eigenvalue weighted by Gasteiger charge is -2.27. The molecule has 0 bridgehead atoms. The van der Waals surface area contributed by atoms with E-state index in [1.54, 1.807) is 0 Å². The summed E-state index contributed by atoms with van der Waals surface area (Å²) < 4.78 is 35.4. The van der Waals surface area contributed by atoms with Gasteiger partial charge in [0, 0.05) is 26.2 Å². The molecule has 0 atom stereocenters. The SMILES string of the molecule is O=C(CC(F)(F)F)N1CCNCC1. The largest absolute Gasteiger partial charge is 0.397 e. The maximum absolute atomic E-state index is 11.8. The molecule has 13 heavy (non-hydrogen) atoms. The van der Waals surface area contributed by atoms with Crippen LogP contribution in [0.4, 0.5) is 13.2 Å². The molecule has 1 aliphatic heterocycles. The Hall–Kier alpha value is -0.780. The zero-order valence-electron chi connectivity index (χ0n) is 7.02. The molecule has 0 aromatic carbocycles. The summed E-state index contributed by atoms with van der Waals surface area (Å²) >= 11 is 0. The van der Waals surface area contributed by atoms with Crippen molar-refractivity contribution in [2.75, 3.05) is 26.2 Å². The zero-order valence-corrected chi connectivity index (χ0v) is 7.02. The van der Waals surface area contributed by atoms with Crippen LogP contribution >= 0.6 is 0 Å². The Morgan fingerprint density at radius 3 is 2.31 bits per heavy atom. The van der Waals surface area contributed by atoms with Crippen molar-refractivity contribution in [3.8, 4) is 0 Å². The van der Waals surface area contributed by atoms with Crippen LogP contribution in [0.3, 0.4) is 0 Å². The van der Waals surface area contributed by atoms with Crippen molar-refractivity contribution in [1.82, 2.24) is 10.2 Å². The fourth-order valence-electron chi connectivity index (χ4n) is 1.20. The number of nitrogens with zero attached hydrogens (tertiary/aromatic N) is 1. The number of amides is 1. The van der Waals surface area contributed by atoms with Crippen LogP contribution in [-0.2, 0) is 4.79 Å². The predicted molar refractivity (Wildman–Crippen MR) is 40.1 cm³/mol. The summed E-state index contributed by atoms with van der Waals surface area (Å²) in [5, 5.41) is 2.96. The van der Waals surface area contributed by atoms with Gasteiger partial charge in [-0.15, -0.1) is 0 Å². The topological polar surface area (TPSA) is 32.3 Å². The quantitative estimate of drug-likeness (QED) is 0.657. The Balaban J connectivity index is 2.38. The van der Waals surface area contributed by atoms with Gasteiger partial charge in [0.15, 0.2) is 0 Å². The summed E-state index contributed by atoms with van der Waals surface area (Å²) in [4.78, 5) is 12.2. The number of alkyl halides is 3. The van der Waals surface area contributed by atoms with E-state index in [-0.39, 0.29) is 0 Å². The summed E-state index contributed by atoms with van der Waals surface area (Å²) in [7, 11) is 0. The highest BCUT2D eigenvalue weighted by molar-refractivity contribution is 5.76. The van der Waals surface area contributed by atoms with E-state index in [1.807, 2.05) is 0 Å². The third kappa shape index (κ3) is 3.63. The molecule has 1 saturated heterocycles. The first kappa shape index (κ1) is 10.3. The molecule has 1 heterocycles.